The first-order valence-corrected chi connectivity index (χ1v) is 8.92. The minimum Gasteiger partial charge on any atom is -0.480 e. The van der Waals surface area contributed by atoms with Gasteiger partial charge in [-0.2, -0.15) is 0 Å². The molecule has 2 heterocycles. The van der Waals surface area contributed by atoms with E-state index in [0.717, 1.165) is 36.8 Å². The molecule has 1 aliphatic rings. The molecule has 0 bridgehead atoms. The maximum atomic E-state index is 13.3. The van der Waals surface area contributed by atoms with E-state index >= 15 is 0 Å². The normalized spacial score (nSPS) is 18.6. The Hall–Kier alpha value is -2.41. The van der Waals surface area contributed by atoms with Crippen LogP contribution in [0.25, 0.3) is 10.9 Å². The Morgan fingerprint density at radius 2 is 2.23 bits per heavy atom. The molecule has 2 atom stereocenters. The van der Waals surface area contributed by atoms with Crippen molar-refractivity contribution in [2.24, 2.45) is 0 Å². The number of carboxylic acid groups (broad SMARTS) is 1. The maximum absolute atomic E-state index is 13.3. The Balaban J connectivity index is 1.59. The summed E-state index contributed by atoms with van der Waals surface area (Å²) in [7, 11) is 0. The number of amides is 1. The van der Waals surface area contributed by atoms with Gasteiger partial charge in [-0.15, -0.1) is 0 Å². The Morgan fingerprint density at radius 3 is 2.96 bits per heavy atom. The molecule has 7 heteroatoms. The third-order valence-corrected chi connectivity index (χ3v) is 4.75. The van der Waals surface area contributed by atoms with Crippen molar-refractivity contribution in [1.82, 2.24) is 10.3 Å². The lowest BCUT2D eigenvalue weighted by atomic mass is 10.0. The predicted molar refractivity (Wildman–Crippen MR) is 94.4 cm³/mol. The topological polar surface area (TPSA) is 91.4 Å². The molecule has 6 nitrogen and oxygen atoms in total. The van der Waals surface area contributed by atoms with Crippen LogP contribution in [0.3, 0.4) is 0 Å². The van der Waals surface area contributed by atoms with Crippen LogP contribution >= 0.6 is 0 Å². The van der Waals surface area contributed by atoms with Crippen LogP contribution in [0.4, 0.5) is 4.39 Å². The molecule has 3 rings (SSSR count). The SMILES string of the molecule is O=C(CC[C@@H]1CCCCO1)N[C@H](Cc1c[nH]c2cc(F)ccc12)C(=O)O. The zero-order valence-electron chi connectivity index (χ0n) is 14.5. The zero-order valence-corrected chi connectivity index (χ0v) is 14.5. The van der Waals surface area contributed by atoms with Gasteiger partial charge in [0.15, 0.2) is 0 Å². The van der Waals surface area contributed by atoms with Crippen molar-refractivity contribution in [2.75, 3.05) is 6.61 Å². The van der Waals surface area contributed by atoms with Crippen LogP contribution in [0.1, 0.15) is 37.7 Å². The molecule has 1 amide bonds. The number of benzene rings is 1. The number of H-pyrrole nitrogens is 1. The first-order valence-electron chi connectivity index (χ1n) is 8.92. The highest BCUT2D eigenvalue weighted by Crippen LogP contribution is 2.21. The van der Waals surface area contributed by atoms with Crippen LogP contribution in [0.5, 0.6) is 0 Å². The minimum atomic E-state index is -1.09. The molecule has 0 aliphatic carbocycles. The summed E-state index contributed by atoms with van der Waals surface area (Å²) in [6.07, 6.45) is 5.82. The fraction of sp³-hybridized carbons (Fsp3) is 0.474. The summed E-state index contributed by atoms with van der Waals surface area (Å²) in [6.45, 7) is 0.727. The van der Waals surface area contributed by atoms with Crippen molar-refractivity contribution in [3.63, 3.8) is 0 Å². The summed E-state index contributed by atoms with van der Waals surface area (Å²) in [5, 5.41) is 12.8. The van der Waals surface area contributed by atoms with Crippen LogP contribution < -0.4 is 5.32 Å². The molecular formula is C19H23FN2O4. The first kappa shape index (κ1) is 18.4. The van der Waals surface area contributed by atoms with Gasteiger partial charge in [-0.3, -0.25) is 4.79 Å². The van der Waals surface area contributed by atoms with Gasteiger partial charge in [0.25, 0.3) is 0 Å². The molecular weight excluding hydrogens is 339 g/mol. The van der Waals surface area contributed by atoms with Crippen molar-refractivity contribution in [3.05, 3.63) is 35.8 Å². The molecule has 0 spiro atoms. The monoisotopic (exact) mass is 362 g/mol. The zero-order chi connectivity index (χ0) is 18.5. The summed E-state index contributed by atoms with van der Waals surface area (Å²) in [5.74, 6) is -1.75. The molecule has 1 aromatic carbocycles. The number of aliphatic carboxylic acids is 1. The molecule has 0 saturated carbocycles. The smallest absolute Gasteiger partial charge is 0.326 e. The summed E-state index contributed by atoms with van der Waals surface area (Å²) >= 11 is 0. The highest BCUT2D eigenvalue weighted by atomic mass is 19.1. The van der Waals surface area contributed by atoms with E-state index < -0.39 is 12.0 Å². The van der Waals surface area contributed by atoms with Crippen molar-refractivity contribution in [1.29, 1.82) is 0 Å². The van der Waals surface area contributed by atoms with Gasteiger partial charge in [-0.1, -0.05) is 0 Å². The van der Waals surface area contributed by atoms with Gasteiger partial charge in [0.05, 0.1) is 6.10 Å². The second kappa shape index (κ2) is 8.31. The lowest BCUT2D eigenvalue weighted by Gasteiger charge is -2.22. The second-order valence-electron chi connectivity index (χ2n) is 6.69. The second-order valence-corrected chi connectivity index (χ2v) is 6.69. The largest absolute Gasteiger partial charge is 0.480 e. The number of rotatable bonds is 7. The van der Waals surface area contributed by atoms with Gasteiger partial charge in [-0.25, -0.2) is 9.18 Å². The van der Waals surface area contributed by atoms with E-state index in [4.69, 9.17) is 4.74 Å². The quantitative estimate of drug-likeness (QED) is 0.706. The van der Waals surface area contributed by atoms with Crippen molar-refractivity contribution < 1.29 is 23.8 Å². The highest BCUT2D eigenvalue weighted by Gasteiger charge is 2.23. The van der Waals surface area contributed by atoms with Crippen molar-refractivity contribution in [2.45, 2.75) is 50.7 Å². The van der Waals surface area contributed by atoms with Gasteiger partial charge < -0.3 is 20.1 Å². The van der Waals surface area contributed by atoms with Crippen LogP contribution in [-0.2, 0) is 20.7 Å². The number of hydrogen-bond donors (Lipinski definition) is 3. The summed E-state index contributed by atoms with van der Waals surface area (Å²) in [5.41, 5.74) is 1.33. The molecule has 1 saturated heterocycles. The molecule has 3 N–H and O–H groups in total. The maximum Gasteiger partial charge on any atom is 0.326 e. The number of halogens is 1. The van der Waals surface area contributed by atoms with E-state index in [1.807, 2.05) is 0 Å². The summed E-state index contributed by atoms with van der Waals surface area (Å²) in [6, 6.07) is 3.27. The number of carbonyl (C=O) groups excluding carboxylic acids is 1. The Bertz CT molecular complexity index is 783. The van der Waals surface area contributed by atoms with Gasteiger partial charge in [-0.05, 0) is 49.4 Å². The highest BCUT2D eigenvalue weighted by molar-refractivity contribution is 5.86. The fourth-order valence-corrected chi connectivity index (χ4v) is 3.34. The Kier molecular flexibility index (Phi) is 5.88. The molecule has 1 fully saturated rings. The molecule has 1 aromatic heterocycles. The number of carbonyl (C=O) groups is 2. The van der Waals surface area contributed by atoms with Crippen LogP contribution in [0, 0.1) is 5.82 Å². The van der Waals surface area contributed by atoms with Gasteiger partial charge in [0, 0.05) is 36.5 Å². The van der Waals surface area contributed by atoms with Crippen LogP contribution in [0.2, 0.25) is 0 Å². The average molecular weight is 362 g/mol. The van der Waals surface area contributed by atoms with E-state index in [2.05, 4.69) is 10.3 Å². The van der Waals surface area contributed by atoms with E-state index in [1.54, 1.807) is 12.3 Å². The summed E-state index contributed by atoms with van der Waals surface area (Å²) < 4.78 is 18.9. The molecule has 2 aromatic rings. The summed E-state index contributed by atoms with van der Waals surface area (Å²) in [4.78, 5) is 26.6. The lowest BCUT2D eigenvalue weighted by Crippen LogP contribution is -2.42. The number of aromatic nitrogens is 1. The number of aromatic amines is 1. The van der Waals surface area contributed by atoms with Gasteiger partial charge in [0.1, 0.15) is 11.9 Å². The number of hydrogen-bond acceptors (Lipinski definition) is 3. The average Bonchev–Trinajstić information content (AvgIpc) is 3.02. The number of ether oxygens (including phenoxy) is 1. The molecule has 0 radical (unpaired) electrons. The van der Waals surface area contributed by atoms with Crippen LogP contribution in [-0.4, -0.2) is 40.7 Å². The third kappa shape index (κ3) is 4.60. The van der Waals surface area contributed by atoms with Gasteiger partial charge in [0.2, 0.25) is 5.91 Å². The lowest BCUT2D eigenvalue weighted by molar-refractivity contribution is -0.141. The van der Waals surface area contributed by atoms with E-state index in [9.17, 15) is 19.1 Å². The molecule has 1 aliphatic heterocycles. The minimum absolute atomic E-state index is 0.0845. The number of carboxylic acids is 1. The molecule has 0 unspecified atom stereocenters. The number of fused-ring (bicyclic) bond motifs is 1. The molecule has 140 valence electrons. The standard InChI is InChI=1S/C19H23FN2O4/c20-13-4-6-15-12(11-21-16(15)10-13)9-17(19(24)25)22-18(23)7-5-14-3-1-2-8-26-14/h4,6,10-11,14,17,21H,1-3,5,7-9H2,(H,22,23)(H,24,25)/t14-,17+/m0/s1. The van der Waals surface area contributed by atoms with E-state index in [1.165, 1.54) is 12.1 Å². The first-order chi connectivity index (χ1) is 12.5. The van der Waals surface area contributed by atoms with Crippen molar-refractivity contribution in [3.8, 4) is 0 Å². The Labute approximate surface area is 150 Å². The fourth-order valence-electron chi connectivity index (χ4n) is 3.34. The van der Waals surface area contributed by atoms with Gasteiger partial charge >= 0.3 is 5.97 Å². The van der Waals surface area contributed by atoms with Crippen molar-refractivity contribution >= 4 is 22.8 Å². The van der Waals surface area contributed by atoms with E-state index in [0.29, 0.717) is 11.9 Å². The predicted octanol–water partition coefficient (Wildman–Crippen LogP) is 2.77. The Morgan fingerprint density at radius 1 is 1.38 bits per heavy atom. The molecule has 26 heavy (non-hydrogen) atoms. The van der Waals surface area contributed by atoms with E-state index in [-0.39, 0.29) is 30.7 Å². The number of nitrogens with one attached hydrogen (secondary N) is 2. The van der Waals surface area contributed by atoms with Crippen LogP contribution in [0.15, 0.2) is 24.4 Å². The third-order valence-electron chi connectivity index (χ3n) is 4.75.